The van der Waals surface area contributed by atoms with E-state index in [1.165, 1.54) is 0 Å². The molecule has 1 aromatic heterocycles. The summed E-state index contributed by atoms with van der Waals surface area (Å²) >= 11 is 1.59. The van der Waals surface area contributed by atoms with Crippen LogP contribution in [-0.4, -0.2) is 27.1 Å². The fourth-order valence-corrected chi connectivity index (χ4v) is 5.23. The summed E-state index contributed by atoms with van der Waals surface area (Å²) in [6.07, 6.45) is -0.975. The molecule has 0 radical (unpaired) electrons. The Morgan fingerprint density at radius 2 is 1.77 bits per heavy atom. The molecule has 0 saturated carbocycles. The van der Waals surface area contributed by atoms with Crippen LogP contribution in [-0.2, 0) is 15.8 Å². The molecule has 0 bridgehead atoms. The van der Waals surface area contributed by atoms with Gasteiger partial charge in [0.2, 0.25) is 5.34 Å². The van der Waals surface area contributed by atoms with Crippen molar-refractivity contribution in [3.05, 3.63) is 71.1 Å². The van der Waals surface area contributed by atoms with Gasteiger partial charge in [-0.15, -0.1) is 11.3 Å². The van der Waals surface area contributed by atoms with E-state index in [-0.39, 0.29) is 25.3 Å². The summed E-state index contributed by atoms with van der Waals surface area (Å²) in [6, 6.07) is 15.9. The molecule has 6 N–H and O–H groups in total. The van der Waals surface area contributed by atoms with E-state index < -0.39 is 19.0 Å². The van der Waals surface area contributed by atoms with Crippen LogP contribution in [0.2, 0.25) is 0 Å². The van der Waals surface area contributed by atoms with E-state index in [1.54, 1.807) is 55.5 Å². The number of carbonyl (C=O) groups excluding carboxylic acids is 2. The van der Waals surface area contributed by atoms with Crippen molar-refractivity contribution >= 4 is 42.3 Å². The molecular weight excluding hydrogens is 489 g/mol. The van der Waals surface area contributed by atoms with Crippen LogP contribution in [0.1, 0.15) is 42.6 Å². The Balaban J connectivity index is 1.61. The van der Waals surface area contributed by atoms with Gasteiger partial charge in [0.15, 0.2) is 0 Å². The van der Waals surface area contributed by atoms with E-state index in [9.17, 15) is 23.9 Å². The van der Waals surface area contributed by atoms with Crippen molar-refractivity contribution in [2.75, 3.05) is 11.1 Å². The maximum Gasteiger partial charge on any atom is 0.408 e. The van der Waals surface area contributed by atoms with E-state index >= 15 is 0 Å². The van der Waals surface area contributed by atoms with Gasteiger partial charge < -0.3 is 30.9 Å². The molecular formula is C24H28N3O6PS. The summed E-state index contributed by atoms with van der Waals surface area (Å²) in [4.78, 5) is 45.1. The summed E-state index contributed by atoms with van der Waals surface area (Å²) in [5.74, 6) is -0.337. The summed E-state index contributed by atoms with van der Waals surface area (Å²) in [5, 5.41) is 5.43. The zero-order chi connectivity index (χ0) is 25.6. The zero-order valence-electron chi connectivity index (χ0n) is 19.4. The first-order chi connectivity index (χ1) is 16.6. The molecule has 2 aromatic carbocycles. The molecule has 35 heavy (non-hydrogen) atoms. The molecule has 0 aliphatic carbocycles. The van der Waals surface area contributed by atoms with Gasteiger partial charge in [-0.05, 0) is 59.7 Å². The molecule has 3 rings (SSSR count). The number of hydrogen-bond donors (Lipinski definition) is 5. The fourth-order valence-electron chi connectivity index (χ4n) is 3.48. The van der Waals surface area contributed by atoms with Gasteiger partial charge in [-0.25, -0.2) is 4.79 Å². The first kappa shape index (κ1) is 26.4. The van der Waals surface area contributed by atoms with Gasteiger partial charge in [-0.1, -0.05) is 38.1 Å². The number of benzene rings is 2. The Labute approximate surface area is 207 Å². The second kappa shape index (κ2) is 11.0. The Kier molecular flexibility index (Phi) is 8.34. The second-order valence-electron chi connectivity index (χ2n) is 7.87. The maximum atomic E-state index is 12.7. The molecule has 2 amide bonds. The first-order valence-corrected chi connectivity index (χ1v) is 13.4. The maximum absolute atomic E-state index is 12.7. The van der Waals surface area contributed by atoms with E-state index in [2.05, 4.69) is 10.6 Å². The number of hydrogen-bond acceptors (Lipinski definition) is 6. The Morgan fingerprint density at radius 3 is 2.34 bits per heavy atom. The van der Waals surface area contributed by atoms with Gasteiger partial charge in [0.25, 0.3) is 5.91 Å². The third-order valence-corrected chi connectivity index (χ3v) is 8.38. The highest BCUT2D eigenvalue weighted by Gasteiger charge is 2.47. The number of anilines is 2. The van der Waals surface area contributed by atoms with Crippen molar-refractivity contribution in [2.45, 2.75) is 38.6 Å². The van der Waals surface area contributed by atoms with E-state index in [0.717, 1.165) is 10.4 Å². The standard InChI is InChI=1S/C24H28N3O6PS/c1-3-24(4-2,34(30,31)32)33-23(29)26-15-16-7-9-17(10-8-16)22(28)27-20-14-18(11-12-19(20)25)21-6-5-13-35-21/h5-14H,3-4,15,25H2,1-2H3,(H,26,29)(H,27,28)(H2,30,31,32). The Morgan fingerprint density at radius 1 is 1.09 bits per heavy atom. The average Bonchev–Trinajstić information content (AvgIpc) is 3.37. The van der Waals surface area contributed by atoms with Crippen LogP contribution in [0.15, 0.2) is 60.0 Å². The third kappa shape index (κ3) is 6.29. The van der Waals surface area contributed by atoms with Crippen LogP contribution in [0.5, 0.6) is 0 Å². The molecule has 1 heterocycles. The minimum Gasteiger partial charge on any atom is -0.430 e. The lowest BCUT2D eigenvalue weighted by atomic mass is 10.1. The predicted molar refractivity (Wildman–Crippen MR) is 137 cm³/mol. The van der Waals surface area contributed by atoms with Crippen LogP contribution in [0.4, 0.5) is 16.2 Å². The monoisotopic (exact) mass is 517 g/mol. The number of amides is 2. The summed E-state index contributed by atoms with van der Waals surface area (Å²) < 4.78 is 16.9. The number of carbonyl (C=O) groups is 2. The number of ether oxygens (including phenoxy) is 1. The second-order valence-corrected chi connectivity index (χ2v) is 10.7. The molecule has 186 valence electrons. The van der Waals surface area contributed by atoms with Crippen molar-refractivity contribution in [1.29, 1.82) is 0 Å². The largest absolute Gasteiger partial charge is 0.430 e. The van der Waals surface area contributed by atoms with Crippen LogP contribution < -0.4 is 16.4 Å². The highest BCUT2D eigenvalue weighted by molar-refractivity contribution is 7.53. The number of thiophene rings is 1. The van der Waals surface area contributed by atoms with Crippen LogP contribution in [0.3, 0.4) is 0 Å². The van der Waals surface area contributed by atoms with Gasteiger partial charge in [-0.2, -0.15) is 0 Å². The first-order valence-electron chi connectivity index (χ1n) is 10.9. The molecule has 0 spiro atoms. The van der Waals surface area contributed by atoms with Crippen molar-refractivity contribution in [3.8, 4) is 10.4 Å². The molecule has 0 saturated heterocycles. The smallest absolute Gasteiger partial charge is 0.408 e. The molecule has 0 atom stereocenters. The van der Waals surface area contributed by atoms with Crippen LogP contribution in [0.25, 0.3) is 10.4 Å². The number of nitrogen functional groups attached to an aromatic ring is 1. The van der Waals surface area contributed by atoms with Gasteiger partial charge in [0, 0.05) is 17.0 Å². The van der Waals surface area contributed by atoms with Crippen molar-refractivity contribution in [2.24, 2.45) is 0 Å². The number of rotatable bonds is 9. The molecule has 3 aromatic rings. The van der Waals surface area contributed by atoms with E-state index in [1.807, 2.05) is 29.6 Å². The quantitative estimate of drug-likeness (QED) is 0.194. The summed E-state index contributed by atoms with van der Waals surface area (Å²) in [7, 11) is -4.66. The highest BCUT2D eigenvalue weighted by atomic mass is 32.1. The van der Waals surface area contributed by atoms with Gasteiger partial charge in [-0.3, -0.25) is 9.36 Å². The molecule has 0 aliphatic rings. The minimum absolute atomic E-state index is 0.0221. The van der Waals surface area contributed by atoms with Crippen molar-refractivity contribution in [1.82, 2.24) is 5.32 Å². The van der Waals surface area contributed by atoms with Gasteiger partial charge in [0.05, 0.1) is 11.4 Å². The Hall–Kier alpha value is -3.17. The van der Waals surface area contributed by atoms with Crippen LogP contribution in [0, 0.1) is 0 Å². The molecule has 11 heteroatoms. The lowest BCUT2D eigenvalue weighted by molar-refractivity contribution is 0.0440. The topological polar surface area (TPSA) is 151 Å². The van der Waals surface area contributed by atoms with E-state index in [0.29, 0.717) is 22.5 Å². The lowest BCUT2D eigenvalue weighted by Gasteiger charge is -2.31. The SMILES string of the molecule is CCC(CC)(OC(=O)NCc1ccc(C(=O)Nc2cc(-c3cccs3)ccc2N)cc1)P(=O)(O)O. The molecule has 0 aliphatic heterocycles. The predicted octanol–water partition coefficient (Wildman–Crippen LogP) is 5.17. The molecule has 0 fully saturated rings. The number of alkyl carbamates (subject to hydrolysis) is 1. The summed E-state index contributed by atoms with van der Waals surface area (Å²) in [6.45, 7) is 3.15. The number of nitrogens with one attached hydrogen (secondary N) is 2. The van der Waals surface area contributed by atoms with Gasteiger partial charge >= 0.3 is 13.7 Å². The van der Waals surface area contributed by atoms with Crippen LogP contribution >= 0.6 is 18.9 Å². The Bertz CT molecular complexity index is 1220. The van der Waals surface area contributed by atoms with E-state index in [4.69, 9.17) is 10.5 Å². The minimum atomic E-state index is -4.66. The average molecular weight is 518 g/mol. The highest BCUT2D eigenvalue weighted by Crippen LogP contribution is 2.55. The lowest BCUT2D eigenvalue weighted by Crippen LogP contribution is -2.38. The molecule has 9 nitrogen and oxygen atoms in total. The summed E-state index contributed by atoms with van der Waals surface area (Å²) in [5.41, 5.74) is 9.02. The van der Waals surface area contributed by atoms with Gasteiger partial charge in [0.1, 0.15) is 0 Å². The third-order valence-electron chi connectivity index (χ3n) is 5.68. The molecule has 0 unspecified atom stereocenters. The normalized spacial score (nSPS) is 11.7. The fraction of sp³-hybridized carbons (Fsp3) is 0.250. The van der Waals surface area contributed by atoms with Crippen molar-refractivity contribution in [3.63, 3.8) is 0 Å². The zero-order valence-corrected chi connectivity index (χ0v) is 21.1. The number of nitrogens with two attached hydrogens (primary N) is 1. The van der Waals surface area contributed by atoms with Crippen molar-refractivity contribution < 1.29 is 28.7 Å².